The molecule has 116 valence electrons. The van der Waals surface area contributed by atoms with Crippen molar-refractivity contribution in [2.75, 3.05) is 6.54 Å². The summed E-state index contributed by atoms with van der Waals surface area (Å²) in [4.78, 5) is 22.9. The van der Waals surface area contributed by atoms with Crippen LogP contribution in [0.2, 0.25) is 0 Å². The number of carboxylic acids is 1. The molecule has 0 spiro atoms. The van der Waals surface area contributed by atoms with Crippen LogP contribution in [-0.4, -0.2) is 29.6 Å². The van der Waals surface area contributed by atoms with E-state index in [0.29, 0.717) is 18.2 Å². The van der Waals surface area contributed by atoms with E-state index in [4.69, 9.17) is 9.84 Å². The van der Waals surface area contributed by atoms with Crippen molar-refractivity contribution in [2.24, 2.45) is 5.92 Å². The van der Waals surface area contributed by atoms with Gasteiger partial charge in [-0.15, -0.1) is 0 Å². The van der Waals surface area contributed by atoms with Crippen molar-refractivity contribution >= 4 is 34.5 Å². The first kappa shape index (κ1) is 17.7. The second-order valence-electron chi connectivity index (χ2n) is 5.18. The third-order valence-corrected chi connectivity index (χ3v) is 3.76. The van der Waals surface area contributed by atoms with Crippen LogP contribution in [0.15, 0.2) is 18.2 Å². The van der Waals surface area contributed by atoms with Crippen LogP contribution in [0.25, 0.3) is 0 Å². The van der Waals surface area contributed by atoms with E-state index in [2.05, 4.69) is 19.2 Å². The molecular formula is C15H20INO4. The van der Waals surface area contributed by atoms with Gasteiger partial charge in [-0.05, 0) is 60.1 Å². The third kappa shape index (κ3) is 5.91. The molecule has 0 aromatic heterocycles. The fourth-order valence-electron chi connectivity index (χ4n) is 1.60. The largest absolute Gasteiger partial charge is 0.480 e. The quantitative estimate of drug-likeness (QED) is 0.685. The number of carbonyl (C=O) groups excluding carboxylic acids is 1. The average Bonchev–Trinajstić information content (AvgIpc) is 2.40. The van der Waals surface area contributed by atoms with Crippen molar-refractivity contribution in [3.05, 3.63) is 27.3 Å². The lowest BCUT2D eigenvalue weighted by atomic mass is 10.1. The van der Waals surface area contributed by atoms with E-state index in [9.17, 15) is 9.59 Å². The minimum Gasteiger partial charge on any atom is -0.480 e. The van der Waals surface area contributed by atoms with Crippen molar-refractivity contribution in [3.8, 4) is 5.75 Å². The van der Waals surface area contributed by atoms with Crippen LogP contribution in [0.4, 0.5) is 0 Å². The molecule has 6 heteroatoms. The first-order valence-corrected chi connectivity index (χ1v) is 7.86. The molecule has 1 aromatic rings. The second kappa shape index (κ2) is 8.21. The first-order chi connectivity index (χ1) is 9.81. The summed E-state index contributed by atoms with van der Waals surface area (Å²) in [7, 11) is 0. The van der Waals surface area contributed by atoms with Crippen LogP contribution in [0.5, 0.6) is 5.75 Å². The van der Waals surface area contributed by atoms with Gasteiger partial charge in [-0.2, -0.15) is 0 Å². The zero-order valence-electron chi connectivity index (χ0n) is 12.4. The van der Waals surface area contributed by atoms with Crippen molar-refractivity contribution in [2.45, 2.75) is 33.3 Å². The van der Waals surface area contributed by atoms with E-state index in [1.807, 2.05) is 22.6 Å². The summed E-state index contributed by atoms with van der Waals surface area (Å²) in [6.07, 6.45) is 0.236. The molecule has 21 heavy (non-hydrogen) atoms. The average molecular weight is 405 g/mol. The molecule has 1 aromatic carbocycles. The fourth-order valence-corrected chi connectivity index (χ4v) is 2.06. The Kier molecular flexibility index (Phi) is 6.94. The lowest BCUT2D eigenvalue weighted by Gasteiger charge is -2.16. The molecule has 0 radical (unpaired) electrons. The molecular weight excluding hydrogens is 385 g/mol. The standard InChI is InChI=1S/C15H20INO4/c1-9(2)6-7-17-14(18)10(3)21-13-8-11(15(19)20)4-5-12(13)16/h4-5,8-10H,6-7H2,1-3H3,(H,17,18)(H,19,20). The molecule has 0 saturated carbocycles. The minimum absolute atomic E-state index is 0.137. The number of carbonyl (C=O) groups is 2. The number of ether oxygens (including phenoxy) is 1. The lowest BCUT2D eigenvalue weighted by Crippen LogP contribution is -2.37. The van der Waals surface area contributed by atoms with Crippen LogP contribution >= 0.6 is 22.6 Å². The van der Waals surface area contributed by atoms with Gasteiger partial charge in [0.05, 0.1) is 9.13 Å². The maximum atomic E-state index is 11.9. The summed E-state index contributed by atoms with van der Waals surface area (Å²) >= 11 is 2.04. The summed E-state index contributed by atoms with van der Waals surface area (Å²) in [5.74, 6) is -0.297. The molecule has 1 rings (SSSR count). The van der Waals surface area contributed by atoms with E-state index >= 15 is 0 Å². The normalized spacial score (nSPS) is 12.0. The number of hydrogen-bond donors (Lipinski definition) is 2. The molecule has 0 bridgehead atoms. The monoisotopic (exact) mass is 405 g/mol. The van der Waals surface area contributed by atoms with Crippen LogP contribution < -0.4 is 10.1 Å². The Balaban J connectivity index is 2.65. The molecule has 0 aliphatic rings. The minimum atomic E-state index is -1.02. The molecule has 0 aliphatic carbocycles. The fraction of sp³-hybridized carbons (Fsp3) is 0.467. The van der Waals surface area contributed by atoms with Gasteiger partial charge >= 0.3 is 5.97 Å². The van der Waals surface area contributed by atoms with Gasteiger partial charge in [-0.3, -0.25) is 4.79 Å². The van der Waals surface area contributed by atoms with E-state index in [1.54, 1.807) is 13.0 Å². The maximum Gasteiger partial charge on any atom is 0.335 e. The number of carboxylic acid groups (broad SMARTS) is 1. The van der Waals surface area contributed by atoms with E-state index in [1.165, 1.54) is 12.1 Å². The van der Waals surface area contributed by atoms with Gasteiger partial charge in [0, 0.05) is 6.54 Å². The molecule has 1 unspecified atom stereocenters. The summed E-state index contributed by atoms with van der Waals surface area (Å²) < 4.78 is 6.34. The van der Waals surface area contributed by atoms with E-state index in [-0.39, 0.29) is 11.5 Å². The second-order valence-corrected chi connectivity index (χ2v) is 6.35. The third-order valence-electron chi connectivity index (χ3n) is 2.87. The molecule has 5 nitrogen and oxygen atoms in total. The van der Waals surface area contributed by atoms with Crippen LogP contribution in [0, 0.1) is 9.49 Å². The number of rotatable bonds is 7. The molecule has 0 fully saturated rings. The van der Waals surface area contributed by atoms with Crippen molar-refractivity contribution in [1.82, 2.24) is 5.32 Å². The predicted molar refractivity (Wildman–Crippen MR) is 88.7 cm³/mol. The van der Waals surface area contributed by atoms with Gasteiger partial charge in [-0.25, -0.2) is 4.79 Å². The van der Waals surface area contributed by atoms with Crippen molar-refractivity contribution in [1.29, 1.82) is 0 Å². The summed E-state index contributed by atoms with van der Waals surface area (Å²) in [5, 5.41) is 11.8. The summed E-state index contributed by atoms with van der Waals surface area (Å²) in [6.45, 7) is 6.43. The van der Waals surface area contributed by atoms with Gasteiger partial charge in [0.15, 0.2) is 6.10 Å². The predicted octanol–water partition coefficient (Wildman–Crippen LogP) is 2.92. The van der Waals surface area contributed by atoms with Gasteiger partial charge in [-0.1, -0.05) is 13.8 Å². The molecule has 0 heterocycles. The Morgan fingerprint density at radius 1 is 1.33 bits per heavy atom. The van der Waals surface area contributed by atoms with Gasteiger partial charge in [0.25, 0.3) is 5.91 Å². The zero-order chi connectivity index (χ0) is 16.0. The molecule has 2 N–H and O–H groups in total. The van der Waals surface area contributed by atoms with E-state index in [0.717, 1.165) is 9.99 Å². The van der Waals surface area contributed by atoms with Gasteiger partial charge in [0.2, 0.25) is 0 Å². The Morgan fingerprint density at radius 2 is 2.00 bits per heavy atom. The smallest absolute Gasteiger partial charge is 0.335 e. The molecule has 0 aliphatic heterocycles. The first-order valence-electron chi connectivity index (χ1n) is 6.78. The highest BCUT2D eigenvalue weighted by molar-refractivity contribution is 14.1. The van der Waals surface area contributed by atoms with Crippen LogP contribution in [0.3, 0.4) is 0 Å². The van der Waals surface area contributed by atoms with Gasteiger partial charge in [0.1, 0.15) is 5.75 Å². The Bertz CT molecular complexity index is 516. The van der Waals surface area contributed by atoms with E-state index < -0.39 is 12.1 Å². The zero-order valence-corrected chi connectivity index (χ0v) is 14.5. The molecule has 0 saturated heterocycles. The number of hydrogen-bond acceptors (Lipinski definition) is 3. The lowest BCUT2D eigenvalue weighted by molar-refractivity contribution is -0.127. The number of halogens is 1. The number of aromatic carboxylic acids is 1. The van der Waals surface area contributed by atoms with Gasteiger partial charge < -0.3 is 15.2 Å². The van der Waals surface area contributed by atoms with Crippen molar-refractivity contribution < 1.29 is 19.4 Å². The Morgan fingerprint density at radius 3 is 2.57 bits per heavy atom. The topological polar surface area (TPSA) is 75.6 Å². The Hall–Kier alpha value is -1.31. The highest BCUT2D eigenvalue weighted by atomic mass is 127. The Labute approximate surface area is 138 Å². The van der Waals surface area contributed by atoms with Crippen molar-refractivity contribution in [3.63, 3.8) is 0 Å². The van der Waals surface area contributed by atoms with Crippen LogP contribution in [-0.2, 0) is 4.79 Å². The number of nitrogens with one attached hydrogen (secondary N) is 1. The SMILES string of the molecule is CC(C)CCNC(=O)C(C)Oc1cc(C(=O)O)ccc1I. The molecule has 1 amide bonds. The highest BCUT2D eigenvalue weighted by Gasteiger charge is 2.17. The number of amides is 1. The molecule has 1 atom stereocenters. The number of benzene rings is 1. The maximum absolute atomic E-state index is 11.9. The summed E-state index contributed by atoms with van der Waals surface area (Å²) in [6, 6.07) is 4.59. The highest BCUT2D eigenvalue weighted by Crippen LogP contribution is 2.23. The summed E-state index contributed by atoms with van der Waals surface area (Å²) in [5.41, 5.74) is 0.137. The van der Waals surface area contributed by atoms with Crippen LogP contribution in [0.1, 0.15) is 37.6 Å².